The van der Waals surface area contributed by atoms with Gasteiger partial charge in [-0.1, -0.05) is 6.07 Å². The van der Waals surface area contributed by atoms with Crippen LogP contribution in [0.25, 0.3) is 16.7 Å². The van der Waals surface area contributed by atoms with E-state index in [2.05, 4.69) is 9.97 Å². The van der Waals surface area contributed by atoms with Crippen LogP contribution in [0.5, 0.6) is 0 Å². The number of nitrogen functional groups attached to an aromatic ring is 1. The number of nitrogens with two attached hydrogens (primary N) is 1. The summed E-state index contributed by atoms with van der Waals surface area (Å²) in [6.07, 6.45) is 1.40. The maximum absolute atomic E-state index is 14.2. The number of benzene rings is 1. The van der Waals surface area contributed by atoms with Crippen molar-refractivity contribution in [3.05, 3.63) is 47.2 Å². The molecule has 0 saturated carbocycles. The van der Waals surface area contributed by atoms with Crippen LogP contribution in [0.1, 0.15) is 16.8 Å². The van der Waals surface area contributed by atoms with Crippen LogP contribution in [0.3, 0.4) is 0 Å². The molecule has 0 bridgehead atoms. The van der Waals surface area contributed by atoms with Gasteiger partial charge in [-0.05, 0) is 44.0 Å². The third-order valence-electron chi connectivity index (χ3n) is 3.66. The summed E-state index contributed by atoms with van der Waals surface area (Å²) >= 11 is 0. The van der Waals surface area contributed by atoms with Crippen molar-refractivity contribution in [1.82, 2.24) is 14.5 Å². The molecule has 4 nitrogen and oxygen atoms in total. The fourth-order valence-electron chi connectivity index (χ4n) is 2.52. The molecule has 0 saturated heterocycles. The van der Waals surface area contributed by atoms with Crippen molar-refractivity contribution >= 4 is 16.9 Å². The fourth-order valence-corrected chi connectivity index (χ4v) is 2.52. The summed E-state index contributed by atoms with van der Waals surface area (Å²) in [7, 11) is 0. The molecule has 0 unspecified atom stereocenters. The van der Waals surface area contributed by atoms with E-state index in [0.717, 1.165) is 22.2 Å². The van der Waals surface area contributed by atoms with Crippen molar-refractivity contribution in [1.29, 1.82) is 0 Å². The highest BCUT2D eigenvalue weighted by Crippen LogP contribution is 2.30. The summed E-state index contributed by atoms with van der Waals surface area (Å²) in [6.45, 7) is 5.81. The van der Waals surface area contributed by atoms with Gasteiger partial charge in [0.1, 0.15) is 18.0 Å². The first-order chi connectivity index (χ1) is 9.50. The Morgan fingerprint density at radius 1 is 1.15 bits per heavy atom. The number of aromatic nitrogens is 3. The summed E-state index contributed by atoms with van der Waals surface area (Å²) in [5, 5.41) is 0.783. The molecule has 20 heavy (non-hydrogen) atoms. The van der Waals surface area contributed by atoms with Gasteiger partial charge in [-0.3, -0.25) is 4.57 Å². The number of halogens is 1. The van der Waals surface area contributed by atoms with Gasteiger partial charge in [0.25, 0.3) is 0 Å². The molecule has 2 aromatic heterocycles. The van der Waals surface area contributed by atoms with Crippen LogP contribution in [-0.4, -0.2) is 14.5 Å². The minimum absolute atomic E-state index is 0.284. The maximum atomic E-state index is 14.2. The number of nitrogens with zero attached hydrogens (tertiary/aromatic N) is 3. The van der Waals surface area contributed by atoms with E-state index in [0.29, 0.717) is 17.2 Å². The molecule has 0 radical (unpaired) electrons. The van der Waals surface area contributed by atoms with Gasteiger partial charge >= 0.3 is 0 Å². The number of fused-ring (bicyclic) bond motifs is 1. The summed E-state index contributed by atoms with van der Waals surface area (Å²) < 4.78 is 16.0. The molecule has 102 valence electrons. The monoisotopic (exact) mass is 270 g/mol. The zero-order valence-electron chi connectivity index (χ0n) is 11.6. The van der Waals surface area contributed by atoms with Crippen LogP contribution in [0.15, 0.2) is 24.5 Å². The van der Waals surface area contributed by atoms with E-state index in [9.17, 15) is 4.39 Å². The number of hydrogen-bond acceptors (Lipinski definition) is 3. The highest BCUT2D eigenvalue weighted by Gasteiger charge is 2.18. The van der Waals surface area contributed by atoms with E-state index in [1.54, 1.807) is 16.7 Å². The molecule has 0 aliphatic rings. The molecule has 3 rings (SSSR count). The van der Waals surface area contributed by atoms with Gasteiger partial charge in [-0.15, -0.1) is 0 Å². The van der Waals surface area contributed by atoms with Crippen LogP contribution in [0.4, 0.5) is 10.2 Å². The first-order valence-electron chi connectivity index (χ1n) is 6.35. The summed E-state index contributed by atoms with van der Waals surface area (Å²) in [5.74, 6) is 0.134. The predicted octanol–water partition coefficient (Wildman–Crippen LogP) is 3.07. The van der Waals surface area contributed by atoms with E-state index in [4.69, 9.17) is 5.73 Å². The Morgan fingerprint density at radius 3 is 2.65 bits per heavy atom. The Balaban J connectivity index is 2.46. The Hall–Kier alpha value is -2.43. The largest absolute Gasteiger partial charge is 0.383 e. The van der Waals surface area contributed by atoms with E-state index >= 15 is 0 Å². The Bertz CT molecular complexity index is 820. The second-order valence-corrected chi connectivity index (χ2v) is 4.96. The fraction of sp³-hybridized carbons (Fsp3) is 0.200. The van der Waals surface area contributed by atoms with E-state index in [1.807, 2.05) is 20.8 Å². The Kier molecular flexibility index (Phi) is 2.71. The van der Waals surface area contributed by atoms with Crippen molar-refractivity contribution in [3.8, 4) is 5.69 Å². The molecule has 5 heteroatoms. The minimum Gasteiger partial charge on any atom is -0.383 e. The first kappa shape index (κ1) is 12.6. The summed E-state index contributed by atoms with van der Waals surface area (Å²) in [5.41, 5.74) is 9.92. The molecule has 0 aliphatic carbocycles. The van der Waals surface area contributed by atoms with E-state index in [-0.39, 0.29) is 5.82 Å². The lowest BCUT2D eigenvalue weighted by atomic mass is 10.2. The molecule has 2 N–H and O–H groups in total. The number of rotatable bonds is 1. The molecule has 2 heterocycles. The lowest BCUT2D eigenvalue weighted by Crippen LogP contribution is -2.02. The smallest absolute Gasteiger partial charge is 0.150 e. The lowest BCUT2D eigenvalue weighted by molar-refractivity contribution is 0.617. The quantitative estimate of drug-likeness (QED) is 0.739. The van der Waals surface area contributed by atoms with Gasteiger partial charge in [0.2, 0.25) is 0 Å². The second-order valence-electron chi connectivity index (χ2n) is 4.96. The van der Waals surface area contributed by atoms with Crippen LogP contribution in [0, 0.1) is 26.6 Å². The van der Waals surface area contributed by atoms with Crippen LogP contribution in [0.2, 0.25) is 0 Å². The van der Waals surface area contributed by atoms with Crippen LogP contribution < -0.4 is 5.73 Å². The number of aryl methyl sites for hydroxylation is 2. The van der Waals surface area contributed by atoms with Gasteiger partial charge in [-0.25, -0.2) is 14.4 Å². The Labute approximate surface area is 116 Å². The van der Waals surface area contributed by atoms with Crippen molar-refractivity contribution in [2.75, 3.05) is 5.73 Å². The molecular formula is C15H15FN4. The van der Waals surface area contributed by atoms with Crippen LogP contribution >= 0.6 is 0 Å². The van der Waals surface area contributed by atoms with Crippen molar-refractivity contribution < 1.29 is 4.39 Å². The molecule has 0 amide bonds. The minimum atomic E-state index is -0.284. The normalized spacial score (nSPS) is 11.2. The first-order valence-corrected chi connectivity index (χ1v) is 6.35. The zero-order valence-corrected chi connectivity index (χ0v) is 11.6. The zero-order chi connectivity index (χ0) is 14.4. The van der Waals surface area contributed by atoms with Gasteiger partial charge < -0.3 is 5.73 Å². The topological polar surface area (TPSA) is 56.7 Å². The van der Waals surface area contributed by atoms with Crippen LogP contribution in [-0.2, 0) is 0 Å². The lowest BCUT2D eigenvalue weighted by Gasteiger charge is -2.10. The molecular weight excluding hydrogens is 255 g/mol. The molecule has 0 spiro atoms. The third kappa shape index (κ3) is 1.66. The number of hydrogen-bond donors (Lipinski definition) is 1. The standard InChI is InChI=1S/C15H15FN4/c1-8-4-5-11(16)12(6-8)20-10(3)9(2)13-14(17)18-7-19-15(13)20/h4-7H,1-3H3,(H2,17,18,19). The van der Waals surface area contributed by atoms with Crippen molar-refractivity contribution in [3.63, 3.8) is 0 Å². The highest BCUT2D eigenvalue weighted by atomic mass is 19.1. The van der Waals surface area contributed by atoms with Crippen molar-refractivity contribution in [2.45, 2.75) is 20.8 Å². The molecule has 3 aromatic rings. The molecule has 0 atom stereocenters. The molecule has 1 aromatic carbocycles. The summed E-state index contributed by atoms with van der Waals surface area (Å²) in [6, 6.07) is 5.02. The average Bonchev–Trinajstić information content (AvgIpc) is 2.66. The van der Waals surface area contributed by atoms with E-state index in [1.165, 1.54) is 12.4 Å². The number of anilines is 1. The third-order valence-corrected chi connectivity index (χ3v) is 3.66. The van der Waals surface area contributed by atoms with E-state index < -0.39 is 0 Å². The van der Waals surface area contributed by atoms with Gasteiger partial charge in [-0.2, -0.15) is 0 Å². The Morgan fingerprint density at radius 2 is 1.90 bits per heavy atom. The van der Waals surface area contributed by atoms with Gasteiger partial charge in [0, 0.05) is 5.69 Å². The van der Waals surface area contributed by atoms with Gasteiger partial charge in [0.05, 0.1) is 11.1 Å². The average molecular weight is 270 g/mol. The predicted molar refractivity (Wildman–Crippen MR) is 77.4 cm³/mol. The van der Waals surface area contributed by atoms with Gasteiger partial charge in [0.15, 0.2) is 5.65 Å². The molecule has 0 aliphatic heterocycles. The second kappa shape index (κ2) is 4.30. The molecule has 0 fully saturated rings. The summed E-state index contributed by atoms with van der Waals surface area (Å²) in [4.78, 5) is 8.29. The highest BCUT2D eigenvalue weighted by molar-refractivity contribution is 5.92. The maximum Gasteiger partial charge on any atom is 0.150 e. The van der Waals surface area contributed by atoms with Crippen molar-refractivity contribution in [2.24, 2.45) is 0 Å². The SMILES string of the molecule is Cc1ccc(F)c(-n2c(C)c(C)c3c(N)ncnc32)c1.